The van der Waals surface area contributed by atoms with Gasteiger partial charge in [0.05, 0.1) is 19.5 Å². The standard InChI is InChI=1S/C11H16NO5PS/c1-3-15-18(13,16-4-2)10-9(17-11(19)12-10)8-6-5-7-14-8/h5-7,9-10H,3-4H2,1-2H3,(H,12,19)/t9-,10+/m0/s1. The summed E-state index contributed by atoms with van der Waals surface area (Å²) in [6.07, 6.45) is 0.898. The maximum Gasteiger partial charge on any atom is 0.357 e. The van der Waals surface area contributed by atoms with Crippen LogP contribution in [-0.4, -0.2) is 24.2 Å². The van der Waals surface area contributed by atoms with Crippen molar-refractivity contribution in [3.63, 3.8) is 0 Å². The van der Waals surface area contributed by atoms with Gasteiger partial charge >= 0.3 is 7.60 Å². The molecule has 0 bridgehead atoms. The Balaban J connectivity index is 2.29. The van der Waals surface area contributed by atoms with Crippen LogP contribution < -0.4 is 5.32 Å². The van der Waals surface area contributed by atoms with E-state index in [1.807, 2.05) is 0 Å². The van der Waals surface area contributed by atoms with Gasteiger partial charge in [0.15, 0.2) is 11.9 Å². The molecule has 1 fully saturated rings. The van der Waals surface area contributed by atoms with Gasteiger partial charge in [-0.3, -0.25) is 4.57 Å². The topological polar surface area (TPSA) is 69.9 Å². The van der Waals surface area contributed by atoms with Gasteiger partial charge in [-0.1, -0.05) is 0 Å². The van der Waals surface area contributed by atoms with Crippen LogP contribution >= 0.6 is 19.8 Å². The molecule has 2 rings (SSSR count). The van der Waals surface area contributed by atoms with Crippen molar-refractivity contribution in [2.45, 2.75) is 25.7 Å². The first-order valence-electron chi connectivity index (χ1n) is 6.00. The number of hydrogen-bond donors (Lipinski definition) is 1. The summed E-state index contributed by atoms with van der Waals surface area (Å²) in [4.78, 5) is 0. The lowest BCUT2D eigenvalue weighted by atomic mass is 10.3. The van der Waals surface area contributed by atoms with Crippen molar-refractivity contribution < 1.29 is 22.8 Å². The molecule has 1 N–H and O–H groups in total. The third-order valence-electron chi connectivity index (χ3n) is 2.57. The van der Waals surface area contributed by atoms with Crippen molar-refractivity contribution in [1.29, 1.82) is 0 Å². The van der Waals surface area contributed by atoms with Crippen molar-refractivity contribution in [3.05, 3.63) is 24.2 Å². The minimum absolute atomic E-state index is 0.158. The van der Waals surface area contributed by atoms with Gasteiger partial charge in [-0.2, -0.15) is 0 Å². The quantitative estimate of drug-likeness (QED) is 0.640. The summed E-state index contributed by atoms with van der Waals surface area (Å²) in [6, 6.07) is 3.46. The third-order valence-corrected chi connectivity index (χ3v) is 5.10. The van der Waals surface area contributed by atoms with Crippen molar-refractivity contribution in [2.75, 3.05) is 13.2 Å². The van der Waals surface area contributed by atoms with Crippen LogP contribution in [0, 0.1) is 0 Å². The number of nitrogens with one attached hydrogen (secondary N) is 1. The molecule has 0 radical (unpaired) electrons. The van der Waals surface area contributed by atoms with Gasteiger partial charge in [0.25, 0.3) is 5.17 Å². The molecule has 19 heavy (non-hydrogen) atoms. The van der Waals surface area contributed by atoms with Crippen molar-refractivity contribution in [1.82, 2.24) is 5.32 Å². The number of rotatable bonds is 6. The van der Waals surface area contributed by atoms with Crippen molar-refractivity contribution in [3.8, 4) is 0 Å². The third kappa shape index (κ3) is 3.00. The highest BCUT2D eigenvalue weighted by molar-refractivity contribution is 7.80. The molecule has 0 unspecified atom stereocenters. The van der Waals surface area contributed by atoms with E-state index in [1.54, 1.807) is 26.0 Å². The number of furan rings is 1. The minimum atomic E-state index is -3.39. The molecule has 1 aliphatic rings. The molecular weight excluding hydrogens is 289 g/mol. The van der Waals surface area contributed by atoms with Gasteiger partial charge in [0.2, 0.25) is 0 Å². The van der Waals surface area contributed by atoms with Crippen molar-refractivity contribution in [2.24, 2.45) is 0 Å². The molecule has 0 amide bonds. The lowest BCUT2D eigenvalue weighted by molar-refractivity contribution is 0.161. The molecule has 2 atom stereocenters. The Morgan fingerprint density at radius 1 is 1.42 bits per heavy atom. The average Bonchev–Trinajstić information content (AvgIpc) is 2.98. The van der Waals surface area contributed by atoms with Crippen LogP contribution in [0.1, 0.15) is 25.7 Å². The van der Waals surface area contributed by atoms with E-state index in [-0.39, 0.29) is 18.4 Å². The van der Waals surface area contributed by atoms with E-state index < -0.39 is 19.5 Å². The van der Waals surface area contributed by atoms with Gasteiger partial charge < -0.3 is 23.5 Å². The number of ether oxygens (including phenoxy) is 1. The molecule has 2 heterocycles. The fourth-order valence-corrected chi connectivity index (χ4v) is 4.13. The highest BCUT2D eigenvalue weighted by atomic mass is 32.1. The Bertz CT molecular complexity index is 467. The van der Waals surface area contributed by atoms with Crippen molar-refractivity contribution >= 4 is 25.0 Å². The van der Waals surface area contributed by atoms with Gasteiger partial charge in [0.1, 0.15) is 5.76 Å². The highest BCUT2D eigenvalue weighted by Crippen LogP contribution is 2.57. The Morgan fingerprint density at radius 3 is 2.63 bits per heavy atom. The zero-order valence-corrected chi connectivity index (χ0v) is 12.4. The Kier molecular flexibility index (Phi) is 4.62. The molecular formula is C11H16NO5PS. The van der Waals surface area contributed by atoms with Crippen LogP contribution in [0.15, 0.2) is 22.8 Å². The van der Waals surface area contributed by atoms with Gasteiger partial charge in [0, 0.05) is 0 Å². The van der Waals surface area contributed by atoms with Crippen LogP contribution in [0.25, 0.3) is 0 Å². The van der Waals surface area contributed by atoms with E-state index in [2.05, 4.69) is 5.32 Å². The van der Waals surface area contributed by atoms with E-state index in [1.165, 1.54) is 6.26 Å². The summed E-state index contributed by atoms with van der Waals surface area (Å²) in [5, 5.41) is 3.00. The molecule has 0 saturated carbocycles. The van der Waals surface area contributed by atoms with Crippen LogP contribution in [0.2, 0.25) is 0 Å². The summed E-state index contributed by atoms with van der Waals surface area (Å²) in [5.74, 6) is -0.178. The molecule has 0 spiro atoms. The minimum Gasteiger partial charge on any atom is -0.465 e. The summed E-state index contributed by atoms with van der Waals surface area (Å²) in [7, 11) is -3.39. The number of thiocarbonyl (C=S) groups is 1. The molecule has 1 aromatic heterocycles. The van der Waals surface area contributed by atoms with Crippen LogP contribution in [0.5, 0.6) is 0 Å². The second-order valence-corrected chi connectivity index (χ2v) is 6.33. The van der Waals surface area contributed by atoms with E-state index in [0.29, 0.717) is 5.76 Å². The zero-order valence-electron chi connectivity index (χ0n) is 10.7. The second kappa shape index (κ2) is 6.05. The molecule has 1 aliphatic heterocycles. The summed E-state index contributed by atoms with van der Waals surface area (Å²) >= 11 is 4.98. The monoisotopic (exact) mass is 305 g/mol. The first kappa shape index (κ1) is 14.5. The van der Waals surface area contributed by atoms with Crippen LogP contribution in [0.3, 0.4) is 0 Å². The van der Waals surface area contributed by atoms with Crippen LogP contribution in [-0.2, 0) is 18.3 Å². The summed E-state index contributed by atoms with van der Waals surface area (Å²) in [6.45, 7) is 4.05. The molecule has 0 aliphatic carbocycles. The molecule has 6 nitrogen and oxygen atoms in total. The lowest BCUT2D eigenvalue weighted by Gasteiger charge is -2.24. The molecule has 8 heteroatoms. The molecule has 1 aromatic rings. The largest absolute Gasteiger partial charge is 0.465 e. The first-order valence-corrected chi connectivity index (χ1v) is 8.02. The predicted molar refractivity (Wildman–Crippen MR) is 72.9 cm³/mol. The first-order chi connectivity index (χ1) is 9.10. The summed E-state index contributed by atoms with van der Waals surface area (Å²) in [5.41, 5.74) is 0. The number of hydrogen-bond acceptors (Lipinski definition) is 6. The van der Waals surface area contributed by atoms with E-state index >= 15 is 0 Å². The van der Waals surface area contributed by atoms with Gasteiger partial charge in [-0.05, 0) is 38.2 Å². The van der Waals surface area contributed by atoms with Gasteiger partial charge in [-0.25, -0.2) is 0 Å². The van der Waals surface area contributed by atoms with E-state index in [4.69, 9.17) is 30.4 Å². The second-order valence-electron chi connectivity index (χ2n) is 3.81. The maximum atomic E-state index is 12.8. The molecule has 106 valence electrons. The Labute approximate surface area is 116 Å². The zero-order chi connectivity index (χ0) is 13.9. The lowest BCUT2D eigenvalue weighted by Crippen LogP contribution is -2.29. The highest BCUT2D eigenvalue weighted by Gasteiger charge is 2.49. The fourth-order valence-electron chi connectivity index (χ4n) is 1.88. The molecule has 1 saturated heterocycles. The molecule has 0 aromatic carbocycles. The predicted octanol–water partition coefficient (Wildman–Crippen LogP) is 2.82. The summed E-state index contributed by atoms with van der Waals surface area (Å²) < 4.78 is 34.2. The average molecular weight is 305 g/mol. The van der Waals surface area contributed by atoms with E-state index in [0.717, 1.165) is 0 Å². The van der Waals surface area contributed by atoms with Gasteiger partial charge in [-0.15, -0.1) is 0 Å². The normalized spacial score (nSPS) is 23.2. The Hall–Kier alpha value is -0.880. The Morgan fingerprint density at radius 2 is 2.11 bits per heavy atom. The smallest absolute Gasteiger partial charge is 0.357 e. The SMILES string of the molecule is CCOP(=O)(OCC)[C@H]1NC(=S)O[C@H]1c1ccco1. The maximum absolute atomic E-state index is 12.8. The van der Waals surface area contributed by atoms with Crippen LogP contribution in [0.4, 0.5) is 0 Å². The fraction of sp³-hybridized carbons (Fsp3) is 0.545. The van der Waals surface area contributed by atoms with E-state index in [9.17, 15) is 4.57 Å².